The molecule has 0 fully saturated rings. The van der Waals surface area contributed by atoms with Gasteiger partial charge in [-0.25, -0.2) is 4.79 Å². The molecule has 0 aliphatic rings. The molecule has 0 radical (unpaired) electrons. The third kappa shape index (κ3) is 4.15. The number of carbonyl (C=O) groups excluding carboxylic acids is 1. The molecule has 0 atom stereocenters. The molecule has 3 N–H and O–H groups in total. The van der Waals surface area contributed by atoms with Crippen molar-refractivity contribution in [1.29, 1.82) is 0 Å². The molecule has 108 valence electrons. The highest BCUT2D eigenvalue weighted by Gasteiger charge is 2.09. The zero-order chi connectivity index (χ0) is 15.2. The lowest BCUT2D eigenvalue weighted by Crippen LogP contribution is -2.27. The van der Waals surface area contributed by atoms with Crippen molar-refractivity contribution in [2.24, 2.45) is 0 Å². The summed E-state index contributed by atoms with van der Waals surface area (Å²) in [5.74, 6) is -1.46. The second kappa shape index (κ2) is 6.67. The Morgan fingerprint density at radius 2 is 2.14 bits per heavy atom. The molecular formula is C14H12N2O4S. The number of pyridine rings is 1. The zero-order valence-electron chi connectivity index (χ0n) is 10.8. The van der Waals surface area contributed by atoms with Crippen LogP contribution in [0.2, 0.25) is 0 Å². The van der Waals surface area contributed by atoms with Crippen LogP contribution in [0.15, 0.2) is 41.5 Å². The Labute approximate surface area is 123 Å². The number of amides is 1. The van der Waals surface area contributed by atoms with Crippen LogP contribution >= 0.6 is 11.3 Å². The first-order chi connectivity index (χ1) is 10.1. The summed E-state index contributed by atoms with van der Waals surface area (Å²) in [7, 11) is 0. The molecule has 0 saturated carbocycles. The normalized spacial score (nSPS) is 10.7. The van der Waals surface area contributed by atoms with E-state index in [9.17, 15) is 14.4 Å². The van der Waals surface area contributed by atoms with Gasteiger partial charge in [-0.15, -0.1) is 11.3 Å². The Kier molecular flexibility index (Phi) is 4.68. The van der Waals surface area contributed by atoms with Gasteiger partial charge < -0.3 is 15.4 Å². The van der Waals surface area contributed by atoms with Gasteiger partial charge in [0, 0.05) is 34.3 Å². The molecule has 0 spiro atoms. The van der Waals surface area contributed by atoms with Crippen LogP contribution in [0.3, 0.4) is 0 Å². The van der Waals surface area contributed by atoms with Crippen LogP contribution in [0.4, 0.5) is 0 Å². The SMILES string of the molecule is O=C(O)/C=C/c1ccc(CNC(=O)c2c[nH]ccc2=O)s1. The van der Waals surface area contributed by atoms with E-state index in [-0.39, 0.29) is 17.5 Å². The molecule has 2 heterocycles. The fraction of sp³-hybridized carbons (Fsp3) is 0.0714. The lowest BCUT2D eigenvalue weighted by Gasteiger charge is -2.02. The number of aromatic amines is 1. The van der Waals surface area contributed by atoms with Crippen LogP contribution in [0.5, 0.6) is 0 Å². The first-order valence-corrected chi connectivity index (χ1v) is 6.83. The van der Waals surface area contributed by atoms with Crippen molar-refractivity contribution < 1.29 is 14.7 Å². The molecule has 7 heteroatoms. The van der Waals surface area contributed by atoms with E-state index in [4.69, 9.17) is 5.11 Å². The molecule has 2 aromatic rings. The average Bonchev–Trinajstić information content (AvgIpc) is 2.91. The zero-order valence-corrected chi connectivity index (χ0v) is 11.6. The van der Waals surface area contributed by atoms with E-state index in [1.54, 1.807) is 12.1 Å². The average molecular weight is 304 g/mol. The van der Waals surface area contributed by atoms with Gasteiger partial charge in [0.15, 0.2) is 5.43 Å². The predicted molar refractivity (Wildman–Crippen MR) is 79.2 cm³/mol. The molecule has 1 amide bonds. The highest BCUT2D eigenvalue weighted by atomic mass is 32.1. The maximum atomic E-state index is 11.8. The fourth-order valence-electron chi connectivity index (χ4n) is 1.59. The van der Waals surface area contributed by atoms with Gasteiger partial charge in [0.05, 0.1) is 6.54 Å². The van der Waals surface area contributed by atoms with E-state index in [0.29, 0.717) is 0 Å². The molecule has 0 aliphatic heterocycles. The van der Waals surface area contributed by atoms with E-state index in [2.05, 4.69) is 10.3 Å². The molecule has 6 nitrogen and oxygen atoms in total. The number of aliphatic carboxylic acids is 1. The van der Waals surface area contributed by atoms with Gasteiger partial charge in [-0.05, 0) is 18.2 Å². The monoisotopic (exact) mass is 304 g/mol. The molecule has 0 aliphatic carbocycles. The molecule has 0 saturated heterocycles. The Morgan fingerprint density at radius 3 is 2.86 bits per heavy atom. The van der Waals surface area contributed by atoms with Crippen molar-refractivity contribution in [2.75, 3.05) is 0 Å². The standard InChI is InChI=1S/C14H12N2O4S/c17-12-5-6-15-8-11(12)14(20)16-7-10-2-1-9(21-10)3-4-13(18)19/h1-6,8H,7H2,(H,15,17)(H,16,20)(H,18,19)/b4-3+. The third-order valence-electron chi connectivity index (χ3n) is 2.56. The van der Waals surface area contributed by atoms with Gasteiger partial charge in [0.2, 0.25) is 0 Å². The summed E-state index contributed by atoms with van der Waals surface area (Å²) in [5, 5.41) is 11.2. The largest absolute Gasteiger partial charge is 0.478 e. The van der Waals surface area contributed by atoms with Crippen molar-refractivity contribution in [3.8, 4) is 0 Å². The minimum Gasteiger partial charge on any atom is -0.478 e. The van der Waals surface area contributed by atoms with Crippen LogP contribution in [-0.4, -0.2) is 22.0 Å². The number of thiophene rings is 1. The minimum atomic E-state index is -1.01. The first-order valence-electron chi connectivity index (χ1n) is 6.01. The van der Waals surface area contributed by atoms with E-state index < -0.39 is 11.9 Å². The molecule has 0 aromatic carbocycles. The topological polar surface area (TPSA) is 99.3 Å². The maximum absolute atomic E-state index is 11.8. The Hall–Kier alpha value is -2.67. The van der Waals surface area contributed by atoms with Crippen molar-refractivity contribution in [1.82, 2.24) is 10.3 Å². The van der Waals surface area contributed by atoms with Gasteiger partial charge in [-0.1, -0.05) is 0 Å². The number of aromatic nitrogens is 1. The van der Waals surface area contributed by atoms with Gasteiger partial charge in [0.1, 0.15) is 5.56 Å². The van der Waals surface area contributed by atoms with E-state index in [1.165, 1.54) is 35.9 Å². The lowest BCUT2D eigenvalue weighted by molar-refractivity contribution is -0.131. The van der Waals surface area contributed by atoms with Gasteiger partial charge in [0.25, 0.3) is 5.91 Å². The molecule has 0 bridgehead atoms. The van der Waals surface area contributed by atoms with Crippen LogP contribution in [0.1, 0.15) is 20.1 Å². The Bertz CT molecular complexity index is 745. The third-order valence-corrected chi connectivity index (χ3v) is 3.61. The van der Waals surface area contributed by atoms with E-state index >= 15 is 0 Å². The van der Waals surface area contributed by atoms with Crippen molar-refractivity contribution >= 4 is 29.3 Å². The lowest BCUT2D eigenvalue weighted by atomic mass is 10.2. The summed E-state index contributed by atoms with van der Waals surface area (Å²) in [6, 6.07) is 4.84. The number of H-pyrrole nitrogens is 1. The van der Waals surface area contributed by atoms with Gasteiger partial charge in [-0.2, -0.15) is 0 Å². The first kappa shape index (κ1) is 14.7. The van der Waals surface area contributed by atoms with Crippen LogP contribution in [0, 0.1) is 0 Å². The summed E-state index contributed by atoms with van der Waals surface area (Å²) in [6.07, 6.45) is 5.35. The van der Waals surface area contributed by atoms with Crippen LogP contribution < -0.4 is 10.7 Å². The summed E-state index contributed by atoms with van der Waals surface area (Å²) < 4.78 is 0. The number of nitrogens with one attached hydrogen (secondary N) is 2. The van der Waals surface area contributed by atoms with E-state index in [0.717, 1.165) is 15.8 Å². The maximum Gasteiger partial charge on any atom is 0.328 e. The molecule has 2 aromatic heterocycles. The van der Waals surface area contributed by atoms with Gasteiger partial charge in [-0.3, -0.25) is 9.59 Å². The minimum absolute atomic E-state index is 0.0556. The van der Waals surface area contributed by atoms with Crippen LogP contribution in [0.25, 0.3) is 6.08 Å². The second-order valence-corrected chi connectivity index (χ2v) is 5.28. The number of hydrogen-bond acceptors (Lipinski definition) is 4. The number of hydrogen-bond donors (Lipinski definition) is 3. The predicted octanol–water partition coefficient (Wildman–Crippen LogP) is 1.46. The number of rotatable bonds is 5. The number of carbonyl (C=O) groups is 2. The molecule has 21 heavy (non-hydrogen) atoms. The summed E-state index contributed by atoms with van der Waals surface area (Å²) in [6.45, 7) is 0.277. The van der Waals surface area contributed by atoms with Gasteiger partial charge >= 0.3 is 5.97 Å². The highest BCUT2D eigenvalue weighted by molar-refractivity contribution is 7.12. The molecular weight excluding hydrogens is 292 g/mol. The Balaban J connectivity index is 1.98. The molecule has 2 rings (SSSR count). The van der Waals surface area contributed by atoms with E-state index in [1.807, 2.05) is 0 Å². The second-order valence-electron chi connectivity index (χ2n) is 4.08. The highest BCUT2D eigenvalue weighted by Crippen LogP contribution is 2.17. The van der Waals surface area contributed by atoms with Crippen molar-refractivity contribution in [3.05, 3.63) is 62.2 Å². The number of carboxylic acid groups (broad SMARTS) is 1. The Morgan fingerprint density at radius 1 is 1.33 bits per heavy atom. The molecule has 0 unspecified atom stereocenters. The quantitative estimate of drug-likeness (QED) is 0.728. The smallest absolute Gasteiger partial charge is 0.328 e. The van der Waals surface area contributed by atoms with Crippen molar-refractivity contribution in [2.45, 2.75) is 6.54 Å². The van der Waals surface area contributed by atoms with Crippen LogP contribution in [-0.2, 0) is 11.3 Å². The summed E-state index contributed by atoms with van der Waals surface area (Å²) in [5.41, 5.74) is -0.289. The van der Waals surface area contributed by atoms with Crippen molar-refractivity contribution in [3.63, 3.8) is 0 Å². The number of carboxylic acids is 1. The fourth-order valence-corrected chi connectivity index (χ4v) is 2.44. The summed E-state index contributed by atoms with van der Waals surface area (Å²) >= 11 is 1.37. The summed E-state index contributed by atoms with van der Waals surface area (Å²) in [4.78, 5) is 38.1.